The summed E-state index contributed by atoms with van der Waals surface area (Å²) in [5.74, 6) is 2.56. The molecule has 36 heavy (non-hydrogen) atoms. The second-order valence-corrected chi connectivity index (χ2v) is 10.5. The Kier molecular flexibility index (Phi) is 7.50. The number of pyridine rings is 1. The molecule has 1 aromatic heterocycles. The third-order valence-corrected chi connectivity index (χ3v) is 8.38. The molecule has 1 saturated carbocycles. The lowest BCUT2D eigenvalue weighted by Crippen LogP contribution is -2.52. The molecule has 5 rings (SSSR count). The van der Waals surface area contributed by atoms with E-state index in [0.29, 0.717) is 17.2 Å². The zero-order valence-electron chi connectivity index (χ0n) is 21.5. The Morgan fingerprint density at radius 2 is 1.89 bits per heavy atom. The number of likely N-dealkylation sites (tertiary alicyclic amines) is 1. The van der Waals surface area contributed by atoms with E-state index in [1.165, 1.54) is 5.56 Å². The quantitative estimate of drug-likeness (QED) is 0.568. The molecule has 1 aliphatic carbocycles. The van der Waals surface area contributed by atoms with Gasteiger partial charge in [0.15, 0.2) is 16.6 Å². The summed E-state index contributed by atoms with van der Waals surface area (Å²) >= 11 is 5.68. The fourth-order valence-electron chi connectivity index (χ4n) is 6.19. The number of morpholine rings is 1. The molecule has 2 N–H and O–H groups in total. The first-order chi connectivity index (χ1) is 17.5. The van der Waals surface area contributed by atoms with Crippen molar-refractivity contribution in [2.75, 3.05) is 64.3 Å². The fourth-order valence-corrected chi connectivity index (χ4v) is 6.47. The van der Waals surface area contributed by atoms with Crippen molar-refractivity contribution in [1.29, 1.82) is 0 Å². The number of hydrogen-bond donors (Lipinski definition) is 2. The topological polar surface area (TPSA) is 71.1 Å². The van der Waals surface area contributed by atoms with Crippen molar-refractivity contribution >= 4 is 28.8 Å². The van der Waals surface area contributed by atoms with Gasteiger partial charge in [0.1, 0.15) is 5.82 Å². The van der Waals surface area contributed by atoms with Gasteiger partial charge in [-0.25, -0.2) is 4.98 Å². The van der Waals surface area contributed by atoms with E-state index in [9.17, 15) is 0 Å². The second-order valence-electron chi connectivity index (χ2n) is 10.0. The molecule has 3 aliphatic rings. The van der Waals surface area contributed by atoms with Crippen LogP contribution in [0.4, 0.5) is 11.5 Å². The number of nitrogens with one attached hydrogen (secondary N) is 2. The second kappa shape index (κ2) is 10.8. The average molecular weight is 512 g/mol. The largest absolute Gasteiger partial charge is 0.493 e. The van der Waals surface area contributed by atoms with Crippen LogP contribution in [0.3, 0.4) is 0 Å². The van der Waals surface area contributed by atoms with Crippen molar-refractivity contribution in [3.05, 3.63) is 42.1 Å². The highest BCUT2D eigenvalue weighted by molar-refractivity contribution is 7.80. The molecule has 3 heterocycles. The standard InChI is InChI=1S/C27H37N5O3S/c1-31-11-10-27(19-4-6-22(33-2)23(16-19)34-3)9-8-20(17-24(27)31)29-26(36)30-21-5-7-25(28-18-21)32-12-14-35-15-13-32/h4-7,16,18,20,24H,8-15,17H2,1-3H3,(H2,29,30,36)/t20-,24+,27+/m1/s1. The summed E-state index contributed by atoms with van der Waals surface area (Å²) in [6.07, 6.45) is 6.22. The number of methoxy groups -OCH3 is 2. The smallest absolute Gasteiger partial charge is 0.171 e. The maximum Gasteiger partial charge on any atom is 0.171 e. The number of ether oxygens (including phenoxy) is 3. The van der Waals surface area contributed by atoms with E-state index >= 15 is 0 Å². The number of fused-ring (bicyclic) bond motifs is 1. The van der Waals surface area contributed by atoms with Crippen LogP contribution < -0.4 is 25.0 Å². The molecular weight excluding hydrogens is 474 g/mol. The van der Waals surface area contributed by atoms with E-state index in [4.69, 9.17) is 26.4 Å². The number of thiocarbonyl (C=S) groups is 1. The number of rotatable bonds is 6. The predicted octanol–water partition coefficient (Wildman–Crippen LogP) is 3.42. The number of hydrogen-bond acceptors (Lipinski definition) is 7. The third kappa shape index (κ3) is 4.96. The maximum absolute atomic E-state index is 5.68. The highest BCUT2D eigenvalue weighted by Crippen LogP contribution is 2.49. The Hall–Kier alpha value is -2.62. The van der Waals surface area contributed by atoms with E-state index in [-0.39, 0.29) is 5.41 Å². The van der Waals surface area contributed by atoms with Crippen LogP contribution in [-0.2, 0) is 10.2 Å². The number of nitrogens with zero attached hydrogens (tertiary/aromatic N) is 3. The Labute approximate surface area is 219 Å². The first-order valence-electron chi connectivity index (χ1n) is 12.8. The molecule has 0 bridgehead atoms. The zero-order chi connectivity index (χ0) is 25.1. The summed E-state index contributed by atoms with van der Waals surface area (Å²) in [5.41, 5.74) is 2.37. The van der Waals surface area contributed by atoms with Gasteiger partial charge in [-0.3, -0.25) is 0 Å². The van der Waals surface area contributed by atoms with Crippen LogP contribution in [0.15, 0.2) is 36.5 Å². The number of anilines is 2. The SMILES string of the molecule is COc1ccc([C@@]23CC[C@@H](NC(=S)Nc4ccc(N5CCOCC5)nc4)C[C@@H]2N(C)CC3)cc1OC. The summed E-state index contributed by atoms with van der Waals surface area (Å²) in [5, 5.41) is 7.56. The first-order valence-corrected chi connectivity index (χ1v) is 13.2. The Morgan fingerprint density at radius 3 is 2.61 bits per heavy atom. The van der Waals surface area contributed by atoms with Gasteiger partial charge in [-0.05, 0) is 81.3 Å². The molecule has 0 amide bonds. The number of aromatic nitrogens is 1. The minimum atomic E-state index is 0.126. The lowest BCUT2D eigenvalue weighted by Gasteiger charge is -2.45. The van der Waals surface area contributed by atoms with Crippen LogP contribution in [-0.4, -0.2) is 81.2 Å². The van der Waals surface area contributed by atoms with Crippen LogP contribution in [0.2, 0.25) is 0 Å². The van der Waals surface area contributed by atoms with E-state index in [1.54, 1.807) is 14.2 Å². The Bertz CT molecular complexity index is 1060. The molecule has 1 aromatic carbocycles. The van der Waals surface area contributed by atoms with Gasteiger partial charge in [-0.1, -0.05) is 6.07 Å². The van der Waals surface area contributed by atoms with E-state index < -0.39 is 0 Å². The first kappa shape index (κ1) is 25.0. The molecule has 0 spiro atoms. The van der Waals surface area contributed by atoms with Crippen LogP contribution >= 0.6 is 12.2 Å². The van der Waals surface area contributed by atoms with Gasteiger partial charge in [0.2, 0.25) is 0 Å². The lowest BCUT2D eigenvalue weighted by molar-refractivity contribution is 0.122. The lowest BCUT2D eigenvalue weighted by atomic mass is 9.65. The summed E-state index contributed by atoms with van der Waals surface area (Å²) in [6, 6.07) is 11.3. The number of benzene rings is 1. The number of likely N-dealkylation sites (N-methyl/N-ethyl adjacent to an activating group) is 1. The zero-order valence-corrected chi connectivity index (χ0v) is 22.3. The molecule has 8 nitrogen and oxygen atoms in total. The normalized spacial score (nSPS) is 26.2. The van der Waals surface area contributed by atoms with E-state index in [1.807, 2.05) is 24.4 Å². The van der Waals surface area contributed by atoms with Crippen molar-refractivity contribution in [3.8, 4) is 11.5 Å². The van der Waals surface area contributed by atoms with Gasteiger partial charge in [0, 0.05) is 30.6 Å². The average Bonchev–Trinajstić information content (AvgIpc) is 3.26. The third-order valence-electron chi connectivity index (χ3n) is 8.16. The van der Waals surface area contributed by atoms with Crippen LogP contribution in [0.1, 0.15) is 31.2 Å². The summed E-state index contributed by atoms with van der Waals surface area (Å²) in [7, 11) is 5.64. The fraction of sp³-hybridized carbons (Fsp3) is 0.556. The van der Waals surface area contributed by atoms with Gasteiger partial charge in [0.25, 0.3) is 0 Å². The van der Waals surface area contributed by atoms with Crippen LogP contribution in [0.25, 0.3) is 0 Å². The molecule has 9 heteroatoms. The Morgan fingerprint density at radius 1 is 1.08 bits per heavy atom. The predicted molar refractivity (Wildman–Crippen MR) is 147 cm³/mol. The molecule has 2 aliphatic heterocycles. The van der Waals surface area contributed by atoms with Crippen molar-refractivity contribution in [3.63, 3.8) is 0 Å². The molecule has 0 radical (unpaired) electrons. The van der Waals surface area contributed by atoms with Crippen molar-refractivity contribution in [2.45, 2.75) is 43.2 Å². The minimum absolute atomic E-state index is 0.126. The van der Waals surface area contributed by atoms with Gasteiger partial charge < -0.3 is 34.6 Å². The highest BCUT2D eigenvalue weighted by atomic mass is 32.1. The molecular formula is C27H37N5O3S. The van der Waals surface area contributed by atoms with Gasteiger partial charge in [-0.2, -0.15) is 0 Å². The summed E-state index contributed by atoms with van der Waals surface area (Å²) in [6.45, 7) is 4.35. The van der Waals surface area contributed by atoms with Gasteiger partial charge in [0.05, 0.1) is 39.3 Å². The van der Waals surface area contributed by atoms with Crippen molar-refractivity contribution in [2.24, 2.45) is 0 Å². The van der Waals surface area contributed by atoms with Crippen molar-refractivity contribution < 1.29 is 14.2 Å². The minimum Gasteiger partial charge on any atom is -0.493 e. The summed E-state index contributed by atoms with van der Waals surface area (Å²) < 4.78 is 16.5. The van der Waals surface area contributed by atoms with Gasteiger partial charge in [-0.15, -0.1) is 0 Å². The molecule has 2 aromatic rings. The molecule has 3 fully saturated rings. The highest BCUT2D eigenvalue weighted by Gasteiger charge is 2.50. The monoisotopic (exact) mass is 511 g/mol. The van der Waals surface area contributed by atoms with E-state index in [2.05, 4.69) is 44.6 Å². The summed E-state index contributed by atoms with van der Waals surface area (Å²) in [4.78, 5) is 9.37. The molecule has 194 valence electrons. The maximum atomic E-state index is 5.68. The van der Waals surface area contributed by atoms with Crippen molar-refractivity contribution in [1.82, 2.24) is 15.2 Å². The molecule has 2 saturated heterocycles. The van der Waals surface area contributed by atoms with Crippen LogP contribution in [0, 0.1) is 0 Å². The van der Waals surface area contributed by atoms with Gasteiger partial charge >= 0.3 is 0 Å². The molecule has 3 atom stereocenters. The van der Waals surface area contributed by atoms with E-state index in [0.717, 1.165) is 81.5 Å². The molecule has 0 unspecified atom stereocenters. The Balaban J connectivity index is 1.22. The van der Waals surface area contributed by atoms with Crippen LogP contribution in [0.5, 0.6) is 11.5 Å².